The second kappa shape index (κ2) is 4.10. The Labute approximate surface area is 87.9 Å². The molecular weight excluding hydrogens is 190 g/mol. The summed E-state index contributed by atoms with van der Waals surface area (Å²) in [4.78, 5) is 4.12. The summed E-state index contributed by atoms with van der Waals surface area (Å²) < 4.78 is 1.74. The van der Waals surface area contributed by atoms with Gasteiger partial charge < -0.3 is 11.1 Å². The van der Waals surface area contributed by atoms with Gasteiger partial charge >= 0.3 is 0 Å². The van der Waals surface area contributed by atoms with Gasteiger partial charge in [0.25, 0.3) is 0 Å². The molecule has 2 aromatic heterocycles. The van der Waals surface area contributed by atoms with Crippen molar-refractivity contribution in [2.45, 2.75) is 6.54 Å². The molecule has 0 saturated carbocycles. The molecule has 0 atom stereocenters. The lowest BCUT2D eigenvalue weighted by Crippen LogP contribution is -2.00. The van der Waals surface area contributed by atoms with Crippen molar-refractivity contribution in [1.82, 2.24) is 14.8 Å². The lowest BCUT2D eigenvalue weighted by Gasteiger charge is -2.04. The van der Waals surface area contributed by atoms with Crippen molar-refractivity contribution in [3.05, 3.63) is 36.4 Å². The fourth-order valence-corrected chi connectivity index (χ4v) is 1.32. The van der Waals surface area contributed by atoms with E-state index < -0.39 is 0 Å². The van der Waals surface area contributed by atoms with Gasteiger partial charge in [0, 0.05) is 31.7 Å². The molecule has 0 amide bonds. The highest BCUT2D eigenvalue weighted by molar-refractivity contribution is 5.57. The van der Waals surface area contributed by atoms with Crippen LogP contribution in [0.5, 0.6) is 0 Å². The Hall–Kier alpha value is -1.88. The van der Waals surface area contributed by atoms with Crippen molar-refractivity contribution < 1.29 is 0 Å². The lowest BCUT2D eigenvalue weighted by atomic mass is 10.3. The molecule has 0 saturated heterocycles. The summed E-state index contributed by atoms with van der Waals surface area (Å²) in [6, 6.07) is 3.82. The van der Waals surface area contributed by atoms with Crippen molar-refractivity contribution in [1.29, 1.82) is 0 Å². The molecule has 2 heterocycles. The normalized spacial score (nSPS) is 10.3. The van der Waals surface area contributed by atoms with Gasteiger partial charge in [-0.3, -0.25) is 9.67 Å². The number of hydrogen-bond donors (Lipinski definition) is 2. The van der Waals surface area contributed by atoms with Crippen LogP contribution in [0.3, 0.4) is 0 Å². The Morgan fingerprint density at radius 1 is 1.47 bits per heavy atom. The SMILES string of the molecule is Cn1cc(Nc2ccnc(CN)c2)cn1. The second-order valence-corrected chi connectivity index (χ2v) is 3.27. The zero-order chi connectivity index (χ0) is 10.7. The summed E-state index contributed by atoms with van der Waals surface area (Å²) in [7, 11) is 1.88. The monoisotopic (exact) mass is 203 g/mol. The summed E-state index contributed by atoms with van der Waals surface area (Å²) in [6.45, 7) is 0.447. The maximum absolute atomic E-state index is 5.51. The highest BCUT2D eigenvalue weighted by atomic mass is 15.3. The first-order valence-electron chi connectivity index (χ1n) is 4.68. The topological polar surface area (TPSA) is 68.8 Å². The zero-order valence-electron chi connectivity index (χ0n) is 8.51. The number of nitrogens with zero attached hydrogens (tertiary/aromatic N) is 3. The van der Waals surface area contributed by atoms with E-state index in [9.17, 15) is 0 Å². The highest BCUT2D eigenvalue weighted by Gasteiger charge is 1.98. The number of nitrogens with one attached hydrogen (secondary N) is 1. The molecule has 78 valence electrons. The molecule has 0 fully saturated rings. The van der Waals surface area contributed by atoms with E-state index in [0.717, 1.165) is 17.1 Å². The van der Waals surface area contributed by atoms with Crippen LogP contribution >= 0.6 is 0 Å². The maximum Gasteiger partial charge on any atom is 0.0770 e. The summed E-state index contributed by atoms with van der Waals surface area (Å²) in [5.41, 5.74) is 8.30. The van der Waals surface area contributed by atoms with Gasteiger partial charge in [0.2, 0.25) is 0 Å². The third kappa shape index (κ3) is 2.32. The quantitative estimate of drug-likeness (QED) is 0.781. The van der Waals surface area contributed by atoms with Crippen LogP contribution in [0.4, 0.5) is 11.4 Å². The molecule has 15 heavy (non-hydrogen) atoms. The Bertz CT molecular complexity index is 449. The fourth-order valence-electron chi connectivity index (χ4n) is 1.32. The number of anilines is 2. The molecule has 0 aromatic carbocycles. The third-order valence-electron chi connectivity index (χ3n) is 2.02. The van der Waals surface area contributed by atoms with Crippen LogP contribution in [0.2, 0.25) is 0 Å². The van der Waals surface area contributed by atoms with Crippen molar-refractivity contribution in [2.24, 2.45) is 12.8 Å². The van der Waals surface area contributed by atoms with E-state index in [1.807, 2.05) is 25.4 Å². The van der Waals surface area contributed by atoms with Crippen LogP contribution in [0.25, 0.3) is 0 Å². The van der Waals surface area contributed by atoms with E-state index in [1.165, 1.54) is 0 Å². The summed E-state index contributed by atoms with van der Waals surface area (Å²) in [5.74, 6) is 0. The largest absolute Gasteiger partial charge is 0.353 e. The van der Waals surface area contributed by atoms with Crippen LogP contribution in [-0.4, -0.2) is 14.8 Å². The van der Waals surface area contributed by atoms with Crippen LogP contribution in [0, 0.1) is 0 Å². The van der Waals surface area contributed by atoms with Crippen molar-refractivity contribution >= 4 is 11.4 Å². The highest BCUT2D eigenvalue weighted by Crippen LogP contribution is 2.15. The van der Waals surface area contributed by atoms with Gasteiger partial charge in [0.15, 0.2) is 0 Å². The van der Waals surface area contributed by atoms with E-state index in [-0.39, 0.29) is 0 Å². The molecule has 0 radical (unpaired) electrons. The molecule has 0 aliphatic carbocycles. The minimum absolute atomic E-state index is 0.447. The number of pyridine rings is 1. The van der Waals surface area contributed by atoms with Crippen LogP contribution in [-0.2, 0) is 13.6 Å². The first-order chi connectivity index (χ1) is 7.28. The third-order valence-corrected chi connectivity index (χ3v) is 2.02. The number of rotatable bonds is 3. The van der Waals surface area contributed by atoms with Gasteiger partial charge in [-0.1, -0.05) is 0 Å². The lowest BCUT2D eigenvalue weighted by molar-refractivity contribution is 0.768. The van der Waals surface area contributed by atoms with Gasteiger partial charge in [-0.05, 0) is 12.1 Å². The fraction of sp³-hybridized carbons (Fsp3) is 0.200. The molecule has 0 bridgehead atoms. The molecule has 5 nitrogen and oxygen atoms in total. The predicted molar refractivity (Wildman–Crippen MR) is 58.6 cm³/mol. The molecule has 2 rings (SSSR count). The smallest absolute Gasteiger partial charge is 0.0770 e. The standard InChI is InChI=1S/C10H13N5/c1-15-7-10(6-13-15)14-8-2-3-12-9(4-8)5-11/h2-4,6-7H,5,11H2,1H3,(H,12,14). The van der Waals surface area contributed by atoms with Crippen LogP contribution in [0.15, 0.2) is 30.7 Å². The van der Waals surface area contributed by atoms with E-state index in [0.29, 0.717) is 6.54 Å². The minimum atomic E-state index is 0.447. The van der Waals surface area contributed by atoms with E-state index in [2.05, 4.69) is 15.4 Å². The Morgan fingerprint density at radius 3 is 3.00 bits per heavy atom. The van der Waals surface area contributed by atoms with Crippen LogP contribution < -0.4 is 11.1 Å². The van der Waals surface area contributed by atoms with Gasteiger partial charge in [-0.2, -0.15) is 5.10 Å². The first-order valence-corrected chi connectivity index (χ1v) is 4.68. The number of nitrogens with two attached hydrogens (primary N) is 1. The van der Waals surface area contributed by atoms with E-state index in [4.69, 9.17) is 5.73 Å². The zero-order valence-corrected chi connectivity index (χ0v) is 8.51. The van der Waals surface area contributed by atoms with E-state index in [1.54, 1.807) is 17.1 Å². The molecule has 0 aliphatic heterocycles. The van der Waals surface area contributed by atoms with E-state index >= 15 is 0 Å². The minimum Gasteiger partial charge on any atom is -0.353 e. The molecule has 3 N–H and O–H groups in total. The number of hydrogen-bond acceptors (Lipinski definition) is 4. The number of aromatic nitrogens is 3. The van der Waals surface area contributed by atoms with Crippen molar-refractivity contribution in [3.63, 3.8) is 0 Å². The molecule has 0 aliphatic rings. The van der Waals surface area contributed by atoms with Crippen molar-refractivity contribution in [2.75, 3.05) is 5.32 Å². The average molecular weight is 203 g/mol. The molecular formula is C10H13N5. The summed E-state index contributed by atoms with van der Waals surface area (Å²) in [6.07, 6.45) is 5.41. The summed E-state index contributed by atoms with van der Waals surface area (Å²) in [5, 5.41) is 7.29. The first kappa shape index (κ1) is 9.67. The van der Waals surface area contributed by atoms with Gasteiger partial charge in [-0.25, -0.2) is 0 Å². The molecule has 5 heteroatoms. The molecule has 0 spiro atoms. The molecule has 0 unspecified atom stereocenters. The van der Waals surface area contributed by atoms with Gasteiger partial charge in [0.1, 0.15) is 0 Å². The van der Waals surface area contributed by atoms with Crippen LogP contribution in [0.1, 0.15) is 5.69 Å². The average Bonchev–Trinajstić information content (AvgIpc) is 2.64. The summed E-state index contributed by atoms with van der Waals surface area (Å²) >= 11 is 0. The number of aryl methyl sites for hydroxylation is 1. The molecule has 2 aromatic rings. The Kier molecular flexibility index (Phi) is 2.64. The van der Waals surface area contributed by atoms with Gasteiger partial charge in [0.05, 0.1) is 17.6 Å². The second-order valence-electron chi connectivity index (χ2n) is 3.27. The maximum atomic E-state index is 5.51. The Morgan fingerprint density at radius 2 is 2.33 bits per heavy atom. The predicted octanol–water partition coefficient (Wildman–Crippen LogP) is 1.02. The van der Waals surface area contributed by atoms with Gasteiger partial charge in [-0.15, -0.1) is 0 Å². The Balaban J connectivity index is 2.16. The van der Waals surface area contributed by atoms with Crippen molar-refractivity contribution in [3.8, 4) is 0 Å².